The molecule has 6 heteroatoms. The number of anilines is 1. The highest BCUT2D eigenvalue weighted by atomic mass is 19.1. The molecule has 1 heterocycles. The van der Waals surface area contributed by atoms with E-state index in [1.807, 2.05) is 0 Å². The number of hydrogen-bond donors (Lipinski definition) is 2. The van der Waals surface area contributed by atoms with E-state index in [1.165, 1.54) is 6.07 Å². The van der Waals surface area contributed by atoms with Crippen LogP contribution in [-0.4, -0.2) is 41.5 Å². The van der Waals surface area contributed by atoms with Crippen LogP contribution in [0, 0.1) is 18.7 Å². The van der Waals surface area contributed by atoms with Crippen LogP contribution in [0.15, 0.2) is 18.2 Å². The van der Waals surface area contributed by atoms with Gasteiger partial charge in [0.2, 0.25) is 5.91 Å². The van der Waals surface area contributed by atoms with Crippen LogP contribution in [0.5, 0.6) is 0 Å². The largest absolute Gasteiger partial charge is 0.481 e. The van der Waals surface area contributed by atoms with Crippen molar-refractivity contribution in [3.63, 3.8) is 0 Å². The molecule has 0 aromatic heterocycles. The molecule has 0 bridgehead atoms. The van der Waals surface area contributed by atoms with Crippen LogP contribution in [0.2, 0.25) is 0 Å². The third kappa shape index (κ3) is 3.93. The first-order chi connectivity index (χ1) is 9.97. The molecule has 5 nitrogen and oxygen atoms in total. The summed E-state index contributed by atoms with van der Waals surface area (Å²) in [5.74, 6) is -1.69. The summed E-state index contributed by atoms with van der Waals surface area (Å²) in [4.78, 5) is 24.5. The van der Waals surface area contributed by atoms with Crippen molar-refractivity contribution < 1.29 is 19.1 Å². The minimum Gasteiger partial charge on any atom is -0.481 e. The van der Waals surface area contributed by atoms with Crippen molar-refractivity contribution >= 4 is 17.6 Å². The quantitative estimate of drug-likeness (QED) is 0.889. The summed E-state index contributed by atoms with van der Waals surface area (Å²) >= 11 is 0. The number of carbonyl (C=O) groups is 2. The summed E-state index contributed by atoms with van der Waals surface area (Å²) in [6.45, 7) is 2.68. The molecule has 1 aromatic carbocycles. The maximum atomic E-state index is 13.6. The van der Waals surface area contributed by atoms with E-state index in [0.717, 1.165) is 5.56 Å². The Hall–Kier alpha value is -2.11. The molecule has 21 heavy (non-hydrogen) atoms. The number of piperidine rings is 1. The maximum absolute atomic E-state index is 13.6. The van der Waals surface area contributed by atoms with Crippen molar-refractivity contribution in [1.82, 2.24) is 4.90 Å². The fourth-order valence-electron chi connectivity index (χ4n) is 2.42. The van der Waals surface area contributed by atoms with E-state index in [9.17, 15) is 14.0 Å². The fourth-order valence-corrected chi connectivity index (χ4v) is 2.42. The molecule has 0 atom stereocenters. The van der Waals surface area contributed by atoms with Crippen molar-refractivity contribution in [2.24, 2.45) is 5.92 Å². The van der Waals surface area contributed by atoms with Crippen molar-refractivity contribution in [2.45, 2.75) is 19.8 Å². The number of carboxylic acids is 1. The number of benzene rings is 1. The van der Waals surface area contributed by atoms with Crippen LogP contribution < -0.4 is 5.32 Å². The van der Waals surface area contributed by atoms with Gasteiger partial charge in [-0.2, -0.15) is 0 Å². The Morgan fingerprint density at radius 1 is 1.38 bits per heavy atom. The van der Waals surface area contributed by atoms with Gasteiger partial charge in [-0.15, -0.1) is 0 Å². The van der Waals surface area contributed by atoms with Gasteiger partial charge in [0.25, 0.3) is 0 Å². The Labute approximate surface area is 122 Å². The zero-order valence-corrected chi connectivity index (χ0v) is 11.9. The van der Waals surface area contributed by atoms with Crippen LogP contribution >= 0.6 is 0 Å². The standard InChI is InChI=1S/C15H19FN2O3/c1-10-2-3-13(12(16)8-10)17-9-14(19)18-6-4-11(5-7-18)15(20)21/h2-3,8,11,17H,4-7,9H2,1H3,(H,20,21). The zero-order chi connectivity index (χ0) is 15.4. The zero-order valence-electron chi connectivity index (χ0n) is 11.9. The highest BCUT2D eigenvalue weighted by molar-refractivity contribution is 5.81. The van der Waals surface area contributed by atoms with E-state index >= 15 is 0 Å². The minimum absolute atomic E-state index is 0.0116. The summed E-state index contributed by atoms with van der Waals surface area (Å²) in [5, 5.41) is 11.7. The van der Waals surface area contributed by atoms with Crippen molar-refractivity contribution in [3.05, 3.63) is 29.6 Å². The van der Waals surface area contributed by atoms with Gasteiger partial charge in [0, 0.05) is 13.1 Å². The molecular formula is C15H19FN2O3. The number of hydrogen-bond acceptors (Lipinski definition) is 3. The van der Waals surface area contributed by atoms with Gasteiger partial charge in [0.1, 0.15) is 5.82 Å². The van der Waals surface area contributed by atoms with Crippen LogP contribution in [-0.2, 0) is 9.59 Å². The number of likely N-dealkylation sites (tertiary alicyclic amines) is 1. The van der Waals surface area contributed by atoms with E-state index in [4.69, 9.17) is 5.11 Å². The molecule has 0 aliphatic carbocycles. The summed E-state index contributed by atoms with van der Waals surface area (Å²) in [6, 6.07) is 4.79. The third-order valence-corrected chi connectivity index (χ3v) is 3.75. The van der Waals surface area contributed by atoms with Gasteiger partial charge < -0.3 is 15.3 Å². The molecule has 1 aliphatic rings. The van der Waals surface area contributed by atoms with E-state index in [2.05, 4.69) is 5.32 Å². The Kier molecular flexibility index (Phi) is 4.77. The number of aliphatic carboxylic acids is 1. The summed E-state index contributed by atoms with van der Waals surface area (Å²) < 4.78 is 13.6. The lowest BCUT2D eigenvalue weighted by Gasteiger charge is -2.30. The lowest BCUT2D eigenvalue weighted by atomic mass is 9.97. The van der Waals surface area contributed by atoms with E-state index in [1.54, 1.807) is 24.0 Å². The summed E-state index contributed by atoms with van der Waals surface area (Å²) in [6.07, 6.45) is 0.944. The normalized spacial score (nSPS) is 15.8. The molecule has 2 rings (SSSR count). The molecule has 1 aromatic rings. The van der Waals surface area contributed by atoms with Gasteiger partial charge in [-0.3, -0.25) is 9.59 Å². The monoisotopic (exact) mass is 294 g/mol. The molecule has 0 unspecified atom stereocenters. The SMILES string of the molecule is Cc1ccc(NCC(=O)N2CCC(C(=O)O)CC2)c(F)c1. The average molecular weight is 294 g/mol. The second-order valence-electron chi connectivity index (χ2n) is 5.33. The molecule has 0 saturated carbocycles. The number of carboxylic acid groups (broad SMARTS) is 1. The second-order valence-corrected chi connectivity index (χ2v) is 5.33. The van der Waals surface area contributed by atoms with Crippen LogP contribution in [0.4, 0.5) is 10.1 Å². The lowest BCUT2D eigenvalue weighted by molar-refractivity contribution is -0.145. The highest BCUT2D eigenvalue weighted by Gasteiger charge is 2.26. The lowest BCUT2D eigenvalue weighted by Crippen LogP contribution is -2.42. The predicted molar refractivity (Wildman–Crippen MR) is 76.6 cm³/mol. The number of halogens is 1. The Morgan fingerprint density at radius 2 is 2.05 bits per heavy atom. The van der Waals surface area contributed by atoms with Crippen molar-refractivity contribution in [1.29, 1.82) is 0 Å². The Bertz CT molecular complexity index is 540. The third-order valence-electron chi connectivity index (χ3n) is 3.75. The molecule has 1 amide bonds. The Morgan fingerprint density at radius 3 is 2.62 bits per heavy atom. The van der Waals surface area contributed by atoms with E-state index < -0.39 is 5.97 Å². The first-order valence-electron chi connectivity index (χ1n) is 6.98. The minimum atomic E-state index is -0.804. The van der Waals surface area contributed by atoms with Crippen molar-refractivity contribution in [2.75, 3.05) is 25.0 Å². The topological polar surface area (TPSA) is 69.6 Å². The molecule has 1 aliphatic heterocycles. The average Bonchev–Trinajstić information content (AvgIpc) is 2.46. The maximum Gasteiger partial charge on any atom is 0.306 e. The molecule has 0 radical (unpaired) electrons. The summed E-state index contributed by atoms with van der Waals surface area (Å²) in [7, 11) is 0. The van der Waals surface area contributed by atoms with Gasteiger partial charge >= 0.3 is 5.97 Å². The van der Waals surface area contributed by atoms with Gasteiger partial charge in [0.05, 0.1) is 18.2 Å². The predicted octanol–water partition coefficient (Wildman–Crippen LogP) is 1.87. The van der Waals surface area contributed by atoms with E-state index in [-0.39, 0.29) is 24.2 Å². The first-order valence-corrected chi connectivity index (χ1v) is 6.98. The van der Waals surface area contributed by atoms with Gasteiger partial charge in [-0.25, -0.2) is 4.39 Å². The summed E-state index contributed by atoms with van der Waals surface area (Å²) in [5.41, 5.74) is 1.12. The smallest absolute Gasteiger partial charge is 0.306 e. The van der Waals surface area contributed by atoms with Crippen LogP contribution in [0.25, 0.3) is 0 Å². The van der Waals surface area contributed by atoms with Crippen LogP contribution in [0.1, 0.15) is 18.4 Å². The first kappa shape index (κ1) is 15.3. The number of aryl methyl sites for hydroxylation is 1. The highest BCUT2D eigenvalue weighted by Crippen LogP contribution is 2.18. The number of carbonyl (C=O) groups excluding carboxylic acids is 1. The molecule has 0 spiro atoms. The van der Waals surface area contributed by atoms with Crippen LogP contribution in [0.3, 0.4) is 0 Å². The van der Waals surface area contributed by atoms with Gasteiger partial charge in [0.15, 0.2) is 0 Å². The fraction of sp³-hybridized carbons (Fsp3) is 0.467. The number of amides is 1. The second kappa shape index (κ2) is 6.56. The van der Waals surface area contributed by atoms with Gasteiger partial charge in [-0.05, 0) is 37.5 Å². The number of rotatable bonds is 4. The molecule has 2 N–H and O–H groups in total. The number of nitrogens with one attached hydrogen (secondary N) is 1. The Balaban J connectivity index is 1.84. The molecular weight excluding hydrogens is 275 g/mol. The number of nitrogens with zero attached hydrogens (tertiary/aromatic N) is 1. The van der Waals surface area contributed by atoms with Crippen molar-refractivity contribution in [3.8, 4) is 0 Å². The molecule has 1 saturated heterocycles. The van der Waals surface area contributed by atoms with E-state index in [0.29, 0.717) is 31.6 Å². The van der Waals surface area contributed by atoms with Gasteiger partial charge in [-0.1, -0.05) is 6.07 Å². The molecule has 1 fully saturated rings. The molecule has 114 valence electrons.